The molecule has 4 heterocycles. The number of hydrogen-bond donors (Lipinski definition) is 5. The van der Waals surface area contributed by atoms with Gasteiger partial charge in [-0.15, -0.1) is 0 Å². The van der Waals surface area contributed by atoms with E-state index in [9.17, 15) is 29.4 Å². The third-order valence-electron chi connectivity index (χ3n) is 6.05. The molecule has 15 nitrogen and oxygen atoms in total. The molecule has 0 unspecified atom stereocenters. The molecule has 4 rings (SSSR count). The summed E-state index contributed by atoms with van der Waals surface area (Å²) in [4.78, 5) is 50.3. The third kappa shape index (κ3) is 6.54. The van der Waals surface area contributed by atoms with Crippen LogP contribution in [-0.2, 0) is 14.2 Å². The van der Waals surface area contributed by atoms with E-state index in [4.69, 9.17) is 24.6 Å². The molecular formula is C23H29N5O10. The molecule has 0 spiro atoms. The van der Waals surface area contributed by atoms with Crippen molar-refractivity contribution in [1.82, 2.24) is 19.1 Å². The summed E-state index contributed by atoms with van der Waals surface area (Å²) < 4.78 is 18.7. The van der Waals surface area contributed by atoms with Crippen LogP contribution in [0, 0.1) is 25.2 Å². The van der Waals surface area contributed by atoms with Crippen molar-refractivity contribution in [3.05, 3.63) is 77.5 Å². The topological polar surface area (TPSA) is 222 Å². The van der Waals surface area contributed by atoms with Crippen molar-refractivity contribution < 1.29 is 29.5 Å². The fraction of sp³-hybridized carbons (Fsp3) is 0.522. The number of aliphatic hydroxyl groups is 3. The van der Waals surface area contributed by atoms with Crippen LogP contribution in [0.4, 0.5) is 0 Å². The van der Waals surface area contributed by atoms with E-state index >= 15 is 0 Å². The first-order valence-corrected chi connectivity index (χ1v) is 11.6. The minimum atomic E-state index is -0.816. The zero-order valence-corrected chi connectivity index (χ0v) is 20.6. The monoisotopic (exact) mass is 535 g/mol. The van der Waals surface area contributed by atoms with Gasteiger partial charge in [0.15, 0.2) is 0 Å². The van der Waals surface area contributed by atoms with E-state index in [1.54, 1.807) is 19.9 Å². The number of aliphatic hydroxyl groups excluding tert-OH is 3. The summed E-state index contributed by atoms with van der Waals surface area (Å²) in [6.07, 6.45) is 1.79. The number of nitrogens with one attached hydrogen (secondary N) is 2. The Balaban J connectivity index is 0.000000215. The lowest BCUT2D eigenvalue weighted by atomic mass is 10.2. The van der Waals surface area contributed by atoms with Gasteiger partial charge in [0.25, 0.3) is 11.1 Å². The number of aryl methyl sites for hydroxylation is 2. The lowest BCUT2D eigenvalue weighted by Crippen LogP contribution is -2.33. The van der Waals surface area contributed by atoms with Crippen molar-refractivity contribution in [2.75, 3.05) is 13.2 Å². The number of aromatic amines is 2. The van der Waals surface area contributed by atoms with E-state index < -0.39 is 59.4 Å². The van der Waals surface area contributed by atoms with Crippen molar-refractivity contribution in [1.29, 1.82) is 5.26 Å². The van der Waals surface area contributed by atoms with Crippen LogP contribution in [0.3, 0.4) is 0 Å². The highest BCUT2D eigenvalue weighted by molar-refractivity contribution is 5.03. The van der Waals surface area contributed by atoms with Gasteiger partial charge in [0.1, 0.15) is 30.8 Å². The number of ether oxygens (including phenoxy) is 3. The molecule has 0 saturated carbocycles. The second-order valence-corrected chi connectivity index (χ2v) is 8.73. The molecule has 2 fully saturated rings. The van der Waals surface area contributed by atoms with Crippen LogP contribution in [0.15, 0.2) is 43.9 Å². The molecule has 0 radical (unpaired) electrons. The first-order valence-electron chi connectivity index (χ1n) is 11.6. The molecule has 2 saturated heterocycles. The highest BCUT2D eigenvalue weighted by Crippen LogP contribution is 2.30. The first-order chi connectivity index (χ1) is 18.1. The Morgan fingerprint density at radius 3 is 1.95 bits per heavy atom. The summed E-state index contributed by atoms with van der Waals surface area (Å²) in [7, 11) is 0. The maximum atomic E-state index is 11.8. The van der Waals surface area contributed by atoms with Crippen LogP contribution in [-0.4, -0.2) is 72.1 Å². The van der Waals surface area contributed by atoms with Gasteiger partial charge in [-0.25, -0.2) is 9.59 Å². The lowest BCUT2D eigenvalue weighted by Gasteiger charge is -2.15. The molecule has 0 aromatic carbocycles. The molecule has 2 aromatic heterocycles. The lowest BCUT2D eigenvalue weighted by molar-refractivity contribution is -0.0481. The largest absolute Gasteiger partial charge is 0.494 e. The number of allylic oxidation sites excluding steroid dienone is 1. The fourth-order valence-electron chi connectivity index (χ4n) is 4.00. The third-order valence-corrected chi connectivity index (χ3v) is 6.05. The van der Waals surface area contributed by atoms with Gasteiger partial charge in [0.2, 0.25) is 0 Å². The minimum Gasteiger partial charge on any atom is -0.494 e. The number of nitrogens with zero attached hydrogens (tertiary/aromatic N) is 3. The van der Waals surface area contributed by atoms with E-state index in [0.717, 1.165) is 6.08 Å². The maximum absolute atomic E-state index is 11.8. The Morgan fingerprint density at radius 2 is 1.47 bits per heavy atom. The standard InChI is InChI=1S/C13H15N3O5.C10H14N2O5/c1-8-6-16(13(19)15-12(8)18)11-5-9(10(7-17)21-11)20-4-2-3-14;1-5-3-12(10(16)11-9(5)15)8-2-6(14)7(4-13)17-8/h2,4,6,9-11,17H,5,7H2,1H3,(H,15,18,19);3,6-8,13-14H,2,4H2,1H3,(H,11,15,16)/b4-2+;/t9-,10+,11+;6-,7+,8+/m00/s1. The Morgan fingerprint density at radius 1 is 0.974 bits per heavy atom. The van der Waals surface area contributed by atoms with Crippen molar-refractivity contribution >= 4 is 0 Å². The van der Waals surface area contributed by atoms with Gasteiger partial charge in [-0.1, -0.05) is 0 Å². The molecule has 2 aromatic rings. The number of H-pyrrole nitrogens is 2. The number of rotatable bonds is 6. The van der Waals surface area contributed by atoms with E-state index in [1.165, 1.54) is 27.8 Å². The van der Waals surface area contributed by atoms with E-state index in [0.29, 0.717) is 17.5 Å². The molecule has 2 aliphatic heterocycles. The highest BCUT2D eigenvalue weighted by atomic mass is 16.6. The molecule has 0 bridgehead atoms. The quantitative estimate of drug-likeness (QED) is 0.202. The van der Waals surface area contributed by atoms with E-state index in [1.807, 2.05) is 0 Å². The SMILES string of the molecule is Cc1cn([C@H]2C[C@H](O)[C@@H](CO)O2)c(=O)[nH]c1=O.Cc1cn([C@H]2C[C@H](O/C=C/C#N)[C@@H](CO)O2)c(=O)[nH]c1=O. The smallest absolute Gasteiger partial charge is 0.330 e. The van der Waals surface area contributed by atoms with E-state index in [-0.39, 0.29) is 19.6 Å². The molecule has 38 heavy (non-hydrogen) atoms. The van der Waals surface area contributed by atoms with Crippen molar-refractivity contribution in [2.24, 2.45) is 0 Å². The summed E-state index contributed by atoms with van der Waals surface area (Å²) in [6, 6.07) is 1.79. The average molecular weight is 536 g/mol. The highest BCUT2D eigenvalue weighted by Gasteiger charge is 2.37. The molecule has 0 aliphatic carbocycles. The number of hydrogen-bond acceptors (Lipinski definition) is 11. The number of aromatic nitrogens is 4. The van der Waals surface area contributed by atoms with Crippen LogP contribution >= 0.6 is 0 Å². The average Bonchev–Trinajstić information content (AvgIpc) is 3.47. The van der Waals surface area contributed by atoms with E-state index in [2.05, 4.69) is 9.97 Å². The molecule has 5 N–H and O–H groups in total. The van der Waals surface area contributed by atoms with Crippen molar-refractivity contribution in [3.8, 4) is 6.07 Å². The summed E-state index contributed by atoms with van der Waals surface area (Å²) in [5, 5.41) is 36.2. The number of nitriles is 1. The maximum Gasteiger partial charge on any atom is 0.330 e. The van der Waals surface area contributed by atoms with Gasteiger partial charge < -0.3 is 29.5 Å². The predicted molar refractivity (Wildman–Crippen MR) is 129 cm³/mol. The summed E-state index contributed by atoms with van der Waals surface area (Å²) in [6.45, 7) is 2.56. The van der Waals surface area contributed by atoms with Gasteiger partial charge in [-0.3, -0.25) is 28.7 Å². The van der Waals surface area contributed by atoms with Gasteiger partial charge in [-0.2, -0.15) is 5.26 Å². The summed E-state index contributed by atoms with van der Waals surface area (Å²) >= 11 is 0. The molecule has 206 valence electrons. The molecule has 0 amide bonds. The summed E-state index contributed by atoms with van der Waals surface area (Å²) in [5.74, 6) is 0. The molecule has 15 heteroatoms. The van der Waals surface area contributed by atoms with Crippen molar-refractivity contribution in [2.45, 2.75) is 63.6 Å². The van der Waals surface area contributed by atoms with Crippen LogP contribution in [0.5, 0.6) is 0 Å². The van der Waals surface area contributed by atoms with Crippen LogP contribution in [0.2, 0.25) is 0 Å². The zero-order chi connectivity index (χ0) is 28.0. The summed E-state index contributed by atoms with van der Waals surface area (Å²) in [5.41, 5.74) is -1.29. The Kier molecular flexibility index (Phi) is 9.55. The normalized spacial score (nSPS) is 26.6. The minimum absolute atomic E-state index is 0.205. The molecule has 6 atom stereocenters. The zero-order valence-electron chi connectivity index (χ0n) is 20.6. The van der Waals surface area contributed by atoms with Crippen molar-refractivity contribution in [3.63, 3.8) is 0 Å². The van der Waals surface area contributed by atoms with Gasteiger partial charge in [-0.05, 0) is 13.8 Å². The Hall–Kier alpha value is -3.81. The molecular weight excluding hydrogens is 506 g/mol. The Bertz CT molecular complexity index is 1420. The van der Waals surface area contributed by atoms with Crippen LogP contribution in [0.25, 0.3) is 0 Å². The molecule has 2 aliphatic rings. The predicted octanol–water partition coefficient (Wildman–Crippen LogP) is -1.97. The fourth-order valence-corrected chi connectivity index (χ4v) is 4.00. The second kappa shape index (κ2) is 12.6. The second-order valence-electron chi connectivity index (χ2n) is 8.73. The first kappa shape index (κ1) is 28.8. The van der Waals surface area contributed by atoms with Gasteiger partial charge >= 0.3 is 11.4 Å². The van der Waals surface area contributed by atoms with Gasteiger partial charge in [0.05, 0.1) is 37.7 Å². The van der Waals surface area contributed by atoms with Crippen LogP contribution < -0.4 is 22.5 Å². The Labute approximate surface area is 214 Å². The van der Waals surface area contributed by atoms with Crippen LogP contribution in [0.1, 0.15) is 36.4 Å². The van der Waals surface area contributed by atoms with Gasteiger partial charge in [0, 0.05) is 36.4 Å².